The van der Waals surface area contributed by atoms with Gasteiger partial charge in [0.25, 0.3) is 0 Å². The summed E-state index contributed by atoms with van der Waals surface area (Å²) in [5, 5.41) is 10.7. The Morgan fingerprint density at radius 2 is 0.443 bits per heavy atom. The number of hydrogen-bond donors (Lipinski definition) is 3. The van der Waals surface area contributed by atoms with E-state index in [9.17, 15) is 43.2 Å². The lowest BCUT2D eigenvalue weighted by Crippen LogP contribution is -2.30. The number of aliphatic hydroxyl groups is 1. The quantitative estimate of drug-likeness (QED) is 0.0222. The first-order chi connectivity index (χ1) is 55.9. The van der Waals surface area contributed by atoms with Crippen molar-refractivity contribution in [2.75, 3.05) is 39.6 Å². The Balaban J connectivity index is 5.25. The predicted molar refractivity (Wildman–Crippen MR) is 478 cm³/mol. The third-order valence-electron chi connectivity index (χ3n) is 23.1. The summed E-state index contributed by atoms with van der Waals surface area (Å²) < 4.78 is 69.2. The predicted octanol–water partition coefficient (Wildman–Crippen LogP) is 30.1. The highest BCUT2D eigenvalue weighted by atomic mass is 31.2. The third kappa shape index (κ3) is 88.2. The molecule has 115 heavy (non-hydrogen) atoms. The average Bonchev–Trinajstić information content (AvgIpc) is 0.898. The lowest BCUT2D eigenvalue weighted by Gasteiger charge is -2.21. The zero-order valence-electron chi connectivity index (χ0n) is 76.1. The van der Waals surface area contributed by atoms with Crippen LogP contribution >= 0.6 is 15.6 Å². The third-order valence-corrected chi connectivity index (χ3v) is 25.0. The Kier molecular flexibility index (Phi) is 85.5. The molecule has 684 valence electrons. The lowest BCUT2D eigenvalue weighted by molar-refractivity contribution is -0.161. The van der Waals surface area contributed by atoms with Gasteiger partial charge < -0.3 is 33.8 Å². The van der Waals surface area contributed by atoms with Gasteiger partial charge in [0.05, 0.1) is 26.4 Å². The maximum atomic E-state index is 13.2. The summed E-state index contributed by atoms with van der Waals surface area (Å²) in [5.74, 6) is -0.408. The van der Waals surface area contributed by atoms with E-state index in [0.717, 1.165) is 102 Å². The van der Waals surface area contributed by atoms with Crippen LogP contribution in [0.25, 0.3) is 0 Å². The molecule has 0 amide bonds. The van der Waals surface area contributed by atoms with Crippen molar-refractivity contribution in [3.05, 3.63) is 0 Å². The van der Waals surface area contributed by atoms with Crippen LogP contribution in [0.4, 0.5) is 0 Å². The number of esters is 4. The van der Waals surface area contributed by atoms with Crippen molar-refractivity contribution in [3.63, 3.8) is 0 Å². The summed E-state index contributed by atoms with van der Waals surface area (Å²) in [4.78, 5) is 73.6. The van der Waals surface area contributed by atoms with Crippen LogP contribution in [0, 0.1) is 11.8 Å². The van der Waals surface area contributed by atoms with Gasteiger partial charge in [0, 0.05) is 25.7 Å². The molecule has 17 nitrogen and oxygen atoms in total. The van der Waals surface area contributed by atoms with Crippen molar-refractivity contribution in [1.29, 1.82) is 0 Å². The monoisotopic (exact) mass is 1680 g/mol. The largest absolute Gasteiger partial charge is 0.472 e. The van der Waals surface area contributed by atoms with Gasteiger partial charge in [-0.3, -0.25) is 37.3 Å². The van der Waals surface area contributed by atoms with E-state index in [0.29, 0.717) is 25.7 Å². The normalized spacial score (nSPS) is 13.9. The van der Waals surface area contributed by atoms with E-state index >= 15 is 0 Å². The van der Waals surface area contributed by atoms with Gasteiger partial charge in [0.2, 0.25) is 0 Å². The van der Waals surface area contributed by atoms with Crippen LogP contribution < -0.4 is 0 Å². The van der Waals surface area contributed by atoms with E-state index in [-0.39, 0.29) is 25.7 Å². The van der Waals surface area contributed by atoms with E-state index in [2.05, 4.69) is 41.5 Å². The van der Waals surface area contributed by atoms with Crippen molar-refractivity contribution < 1.29 is 80.2 Å². The second-order valence-corrected chi connectivity index (χ2v) is 38.1. The Morgan fingerprint density at radius 3 is 0.661 bits per heavy atom. The van der Waals surface area contributed by atoms with Crippen LogP contribution in [0.2, 0.25) is 0 Å². The molecule has 0 radical (unpaired) electrons. The minimum atomic E-state index is -4.97. The summed E-state index contributed by atoms with van der Waals surface area (Å²) >= 11 is 0. The molecule has 0 aromatic heterocycles. The Labute approximate surface area is 708 Å². The van der Waals surface area contributed by atoms with Gasteiger partial charge in [0.15, 0.2) is 12.2 Å². The van der Waals surface area contributed by atoms with Crippen LogP contribution in [0.1, 0.15) is 523 Å². The van der Waals surface area contributed by atoms with E-state index in [1.54, 1.807) is 0 Å². The van der Waals surface area contributed by atoms with E-state index < -0.39 is 97.5 Å². The highest BCUT2D eigenvalue weighted by Gasteiger charge is 2.31. The molecule has 3 N–H and O–H groups in total. The molecule has 0 bridgehead atoms. The maximum absolute atomic E-state index is 13.2. The zero-order chi connectivity index (χ0) is 84.1. The molecule has 0 aliphatic carbocycles. The fourth-order valence-electron chi connectivity index (χ4n) is 15.2. The van der Waals surface area contributed by atoms with Crippen LogP contribution in [0.5, 0.6) is 0 Å². The average molecular weight is 1680 g/mol. The summed E-state index contributed by atoms with van der Waals surface area (Å²) in [5.41, 5.74) is 0. The second-order valence-electron chi connectivity index (χ2n) is 35.2. The summed E-state index contributed by atoms with van der Waals surface area (Å²) in [7, 11) is -9.94. The Morgan fingerprint density at radius 1 is 0.252 bits per heavy atom. The molecule has 0 saturated heterocycles. The molecular weight excluding hydrogens is 1490 g/mol. The second kappa shape index (κ2) is 87.0. The molecule has 19 heteroatoms. The zero-order valence-corrected chi connectivity index (χ0v) is 77.9. The van der Waals surface area contributed by atoms with Crippen molar-refractivity contribution in [3.8, 4) is 0 Å². The Bertz CT molecular complexity index is 2190. The fourth-order valence-corrected chi connectivity index (χ4v) is 16.7. The first-order valence-electron chi connectivity index (χ1n) is 49.5. The molecule has 0 aliphatic rings. The standard InChI is InChI=1S/C96H188O17P2/c1-7-10-12-14-16-18-20-22-23-24-25-26-27-31-37-43-49-55-61-67-73-79-94(99)107-85-92(113-95(100)80-74-68-62-56-50-44-38-32-29-28-30-36-42-47-53-59-65-71-77-89(6)9-3)87-111-115(104,105)109-83-90(97)82-108-114(102,103)110-86-91(84-106-93(98)78-72-66-60-54-48-40-21-19-17-15-13-11-8-2)112-96(101)81-75-69-63-57-51-45-39-34-33-35-41-46-52-58-64-70-76-88(4)5/h88-92,97H,7-87H2,1-6H3,(H,102,103)(H,104,105)/t89?,90-,91+,92+/m0/s1. The van der Waals surface area contributed by atoms with Crippen molar-refractivity contribution in [2.45, 2.75) is 541 Å². The SMILES string of the molecule is CCCCCCCCCCCCCCCCCCCCCCCC(=O)OC[C@H](COP(=O)(O)OC[C@@H](O)COP(=O)(O)OC[C@@H](COC(=O)CCCCCCCCCCCCCCC)OC(=O)CCCCCCCCCCCCCCCCCCC(C)C)OC(=O)CCCCCCCCCCCCCCCCCCCCC(C)CC. The molecule has 0 fully saturated rings. The van der Waals surface area contributed by atoms with E-state index in [1.807, 2.05) is 0 Å². The molecule has 0 aromatic rings. The number of aliphatic hydroxyl groups excluding tert-OH is 1. The van der Waals surface area contributed by atoms with Crippen LogP contribution in [0.3, 0.4) is 0 Å². The number of phosphoric acid groups is 2. The lowest BCUT2D eigenvalue weighted by atomic mass is 9.99. The number of unbranched alkanes of at least 4 members (excludes halogenated alkanes) is 64. The highest BCUT2D eigenvalue weighted by Crippen LogP contribution is 2.45. The molecule has 0 aromatic carbocycles. The molecule has 3 unspecified atom stereocenters. The topological polar surface area (TPSA) is 237 Å². The first-order valence-corrected chi connectivity index (χ1v) is 52.5. The summed E-state index contributed by atoms with van der Waals surface area (Å²) in [6.07, 6.45) is 83.4. The van der Waals surface area contributed by atoms with E-state index in [4.69, 9.17) is 37.0 Å². The Hall–Kier alpha value is -1.94. The fraction of sp³-hybridized carbons (Fsp3) is 0.958. The number of phosphoric ester groups is 2. The first kappa shape index (κ1) is 113. The van der Waals surface area contributed by atoms with Crippen LogP contribution in [0.15, 0.2) is 0 Å². The van der Waals surface area contributed by atoms with Crippen LogP contribution in [-0.2, 0) is 65.4 Å². The number of hydrogen-bond acceptors (Lipinski definition) is 15. The number of carbonyl (C=O) groups excluding carboxylic acids is 4. The maximum Gasteiger partial charge on any atom is 0.472 e. The van der Waals surface area contributed by atoms with Crippen molar-refractivity contribution in [1.82, 2.24) is 0 Å². The molecular formula is C96H188O17P2. The highest BCUT2D eigenvalue weighted by molar-refractivity contribution is 7.47. The number of rotatable bonds is 95. The van der Waals surface area contributed by atoms with Crippen molar-refractivity contribution in [2.24, 2.45) is 11.8 Å². The minimum absolute atomic E-state index is 0.109. The van der Waals surface area contributed by atoms with Gasteiger partial charge >= 0.3 is 39.5 Å². The van der Waals surface area contributed by atoms with Gasteiger partial charge in [-0.1, -0.05) is 472 Å². The van der Waals surface area contributed by atoms with Gasteiger partial charge in [-0.05, 0) is 37.5 Å². The van der Waals surface area contributed by atoms with Gasteiger partial charge in [-0.25, -0.2) is 9.13 Å². The van der Waals surface area contributed by atoms with Gasteiger partial charge in [-0.2, -0.15) is 0 Å². The smallest absolute Gasteiger partial charge is 0.462 e. The molecule has 0 rings (SSSR count). The number of ether oxygens (including phenoxy) is 4. The molecule has 6 atom stereocenters. The molecule has 0 aliphatic heterocycles. The van der Waals surface area contributed by atoms with Gasteiger partial charge in [0.1, 0.15) is 19.3 Å². The van der Waals surface area contributed by atoms with E-state index in [1.165, 1.54) is 340 Å². The number of carbonyl (C=O) groups is 4. The van der Waals surface area contributed by atoms with Crippen molar-refractivity contribution >= 4 is 39.5 Å². The minimum Gasteiger partial charge on any atom is -0.462 e. The van der Waals surface area contributed by atoms with Crippen LogP contribution in [-0.4, -0.2) is 96.7 Å². The summed E-state index contributed by atoms with van der Waals surface area (Å²) in [6, 6.07) is 0. The summed E-state index contributed by atoms with van der Waals surface area (Å²) in [6.45, 7) is 9.83. The molecule has 0 heterocycles. The molecule has 0 saturated carbocycles. The van der Waals surface area contributed by atoms with Gasteiger partial charge in [-0.15, -0.1) is 0 Å². The molecule has 0 spiro atoms.